The van der Waals surface area contributed by atoms with Crippen LogP contribution in [0.25, 0.3) is 0 Å². The highest BCUT2D eigenvalue weighted by Crippen LogP contribution is 2.49. The van der Waals surface area contributed by atoms with E-state index in [1.54, 1.807) is 0 Å². The molecule has 0 spiro atoms. The third kappa shape index (κ3) is 1.93. The Morgan fingerprint density at radius 1 is 1.19 bits per heavy atom. The van der Waals surface area contributed by atoms with Crippen LogP contribution >= 0.6 is 11.6 Å². The number of ether oxygens (including phenoxy) is 1. The molecule has 0 bridgehead atoms. The fourth-order valence-electron chi connectivity index (χ4n) is 2.37. The molecule has 1 aromatic rings. The second-order valence-electron chi connectivity index (χ2n) is 5.01. The first-order valence-electron chi connectivity index (χ1n) is 5.95. The molecule has 16 heavy (non-hydrogen) atoms. The van der Waals surface area contributed by atoms with E-state index in [9.17, 15) is 0 Å². The van der Waals surface area contributed by atoms with Crippen molar-refractivity contribution < 1.29 is 4.74 Å². The van der Waals surface area contributed by atoms with Crippen LogP contribution in [0.3, 0.4) is 0 Å². The molecule has 2 rings (SSSR count). The normalized spacial score (nSPS) is 28.2. The summed E-state index contributed by atoms with van der Waals surface area (Å²) < 4.78 is 5.70. The SMILES string of the molecule is CC(C)Oc1ccc2c(c1)C(Cl)C(C)C2C. The molecule has 3 atom stereocenters. The van der Waals surface area contributed by atoms with Crippen molar-refractivity contribution in [3.8, 4) is 5.75 Å². The van der Waals surface area contributed by atoms with E-state index in [0.717, 1.165) is 5.75 Å². The third-order valence-electron chi connectivity index (χ3n) is 3.47. The van der Waals surface area contributed by atoms with Gasteiger partial charge in [-0.25, -0.2) is 0 Å². The molecule has 0 saturated heterocycles. The van der Waals surface area contributed by atoms with Gasteiger partial charge < -0.3 is 4.74 Å². The Morgan fingerprint density at radius 3 is 2.50 bits per heavy atom. The van der Waals surface area contributed by atoms with Crippen molar-refractivity contribution in [2.24, 2.45) is 5.92 Å². The zero-order valence-electron chi connectivity index (χ0n) is 10.3. The lowest BCUT2D eigenvalue weighted by Gasteiger charge is -2.12. The van der Waals surface area contributed by atoms with Gasteiger partial charge in [-0.3, -0.25) is 0 Å². The number of hydrogen-bond donors (Lipinski definition) is 0. The quantitative estimate of drug-likeness (QED) is 0.689. The minimum atomic E-state index is 0.126. The molecule has 0 heterocycles. The van der Waals surface area contributed by atoms with E-state index in [4.69, 9.17) is 16.3 Å². The fourth-order valence-corrected chi connectivity index (χ4v) is 2.78. The maximum Gasteiger partial charge on any atom is 0.120 e. The first kappa shape index (κ1) is 11.8. The molecule has 0 fully saturated rings. The molecule has 0 N–H and O–H groups in total. The number of hydrogen-bond acceptors (Lipinski definition) is 1. The van der Waals surface area contributed by atoms with Gasteiger partial charge in [-0.2, -0.15) is 0 Å². The van der Waals surface area contributed by atoms with Gasteiger partial charge in [0.25, 0.3) is 0 Å². The van der Waals surface area contributed by atoms with Crippen molar-refractivity contribution in [2.45, 2.75) is 45.1 Å². The van der Waals surface area contributed by atoms with Crippen LogP contribution in [0.5, 0.6) is 5.75 Å². The van der Waals surface area contributed by atoms with Crippen molar-refractivity contribution in [3.05, 3.63) is 29.3 Å². The molecule has 3 unspecified atom stereocenters. The zero-order chi connectivity index (χ0) is 11.9. The van der Waals surface area contributed by atoms with Crippen LogP contribution in [0.1, 0.15) is 50.1 Å². The molecule has 0 saturated carbocycles. The first-order chi connectivity index (χ1) is 7.50. The Balaban J connectivity index is 2.34. The monoisotopic (exact) mass is 238 g/mol. The maximum atomic E-state index is 6.44. The molecule has 0 radical (unpaired) electrons. The minimum Gasteiger partial charge on any atom is -0.491 e. The summed E-state index contributed by atoms with van der Waals surface area (Å²) >= 11 is 6.44. The Bertz CT molecular complexity index is 386. The largest absolute Gasteiger partial charge is 0.491 e. The summed E-state index contributed by atoms with van der Waals surface area (Å²) in [5.41, 5.74) is 2.63. The van der Waals surface area contributed by atoms with Crippen molar-refractivity contribution in [1.82, 2.24) is 0 Å². The average molecular weight is 239 g/mol. The van der Waals surface area contributed by atoms with Gasteiger partial charge in [0.15, 0.2) is 0 Å². The van der Waals surface area contributed by atoms with E-state index in [1.165, 1.54) is 11.1 Å². The van der Waals surface area contributed by atoms with Gasteiger partial charge in [0.05, 0.1) is 11.5 Å². The van der Waals surface area contributed by atoms with Crippen LogP contribution in [0.4, 0.5) is 0 Å². The lowest BCUT2D eigenvalue weighted by molar-refractivity contribution is 0.242. The second-order valence-corrected chi connectivity index (χ2v) is 5.48. The molecule has 0 amide bonds. The van der Waals surface area contributed by atoms with Gasteiger partial charge in [-0.15, -0.1) is 11.6 Å². The molecule has 88 valence electrons. The van der Waals surface area contributed by atoms with Crippen molar-refractivity contribution in [2.75, 3.05) is 0 Å². The molecule has 1 aliphatic rings. The Hall–Kier alpha value is -0.690. The molecule has 1 aromatic carbocycles. The van der Waals surface area contributed by atoms with Crippen LogP contribution in [-0.4, -0.2) is 6.10 Å². The van der Waals surface area contributed by atoms with Crippen LogP contribution in [0, 0.1) is 5.92 Å². The second kappa shape index (κ2) is 4.29. The molecular weight excluding hydrogens is 220 g/mol. The summed E-state index contributed by atoms with van der Waals surface area (Å²) in [7, 11) is 0. The highest BCUT2D eigenvalue weighted by molar-refractivity contribution is 6.21. The number of halogens is 1. The third-order valence-corrected chi connectivity index (χ3v) is 4.10. The van der Waals surface area contributed by atoms with E-state index in [2.05, 4.69) is 32.0 Å². The molecule has 0 aromatic heterocycles. The number of fused-ring (bicyclic) bond motifs is 1. The van der Waals surface area contributed by atoms with Gasteiger partial charge in [-0.1, -0.05) is 19.9 Å². The van der Waals surface area contributed by atoms with E-state index < -0.39 is 0 Å². The van der Waals surface area contributed by atoms with Gasteiger partial charge in [0.2, 0.25) is 0 Å². The minimum absolute atomic E-state index is 0.126. The fraction of sp³-hybridized carbons (Fsp3) is 0.571. The number of rotatable bonds is 2. The highest BCUT2D eigenvalue weighted by Gasteiger charge is 2.34. The van der Waals surface area contributed by atoms with E-state index in [0.29, 0.717) is 11.8 Å². The van der Waals surface area contributed by atoms with E-state index in [-0.39, 0.29) is 11.5 Å². The lowest BCUT2D eigenvalue weighted by atomic mass is 9.96. The summed E-state index contributed by atoms with van der Waals surface area (Å²) in [6, 6.07) is 6.32. The maximum absolute atomic E-state index is 6.44. The predicted octanol–water partition coefficient (Wildman–Crippen LogP) is 4.51. The van der Waals surface area contributed by atoms with Gasteiger partial charge in [0.1, 0.15) is 5.75 Å². The Kier molecular flexibility index (Phi) is 3.16. The molecule has 1 aliphatic carbocycles. The Morgan fingerprint density at radius 2 is 1.88 bits per heavy atom. The zero-order valence-corrected chi connectivity index (χ0v) is 11.1. The van der Waals surface area contributed by atoms with Gasteiger partial charge in [0, 0.05) is 0 Å². The molecule has 2 heteroatoms. The van der Waals surface area contributed by atoms with Crippen molar-refractivity contribution in [3.63, 3.8) is 0 Å². The summed E-state index contributed by atoms with van der Waals surface area (Å²) in [6.07, 6.45) is 0.211. The van der Waals surface area contributed by atoms with Crippen LogP contribution in [0.15, 0.2) is 18.2 Å². The highest BCUT2D eigenvalue weighted by atomic mass is 35.5. The first-order valence-corrected chi connectivity index (χ1v) is 6.39. The van der Waals surface area contributed by atoms with E-state index in [1.807, 2.05) is 13.8 Å². The van der Waals surface area contributed by atoms with Crippen molar-refractivity contribution in [1.29, 1.82) is 0 Å². The smallest absolute Gasteiger partial charge is 0.120 e. The number of alkyl halides is 1. The summed E-state index contributed by atoms with van der Waals surface area (Å²) in [4.78, 5) is 0. The van der Waals surface area contributed by atoms with Crippen LogP contribution in [0.2, 0.25) is 0 Å². The van der Waals surface area contributed by atoms with Crippen molar-refractivity contribution >= 4 is 11.6 Å². The van der Waals surface area contributed by atoms with E-state index >= 15 is 0 Å². The molecule has 0 aliphatic heterocycles. The molecular formula is C14H19ClO. The molecule has 1 nitrogen and oxygen atoms in total. The summed E-state index contributed by atoms with van der Waals surface area (Å²) in [6.45, 7) is 8.54. The van der Waals surface area contributed by atoms with Gasteiger partial charge >= 0.3 is 0 Å². The topological polar surface area (TPSA) is 9.23 Å². The summed E-state index contributed by atoms with van der Waals surface area (Å²) in [5, 5.41) is 0.126. The summed E-state index contributed by atoms with van der Waals surface area (Å²) in [5.74, 6) is 1.98. The van der Waals surface area contributed by atoms with Crippen LogP contribution < -0.4 is 4.74 Å². The lowest BCUT2D eigenvalue weighted by Crippen LogP contribution is -2.05. The van der Waals surface area contributed by atoms with Crippen LogP contribution in [-0.2, 0) is 0 Å². The average Bonchev–Trinajstić information content (AvgIpc) is 2.43. The number of benzene rings is 1. The standard InChI is InChI=1S/C14H19ClO/c1-8(2)16-11-5-6-12-9(3)10(4)14(15)13(12)7-11/h5-10,14H,1-4H3. The Labute approximate surface area is 103 Å². The van der Waals surface area contributed by atoms with Gasteiger partial charge in [-0.05, 0) is 48.9 Å². The predicted molar refractivity (Wildman–Crippen MR) is 68.4 cm³/mol.